The van der Waals surface area contributed by atoms with Gasteiger partial charge in [-0.3, -0.25) is 4.74 Å². The first-order valence-corrected chi connectivity index (χ1v) is 9.26. The van der Waals surface area contributed by atoms with Gasteiger partial charge in [0.25, 0.3) is 0 Å². The minimum absolute atomic E-state index is 0.555. The van der Waals surface area contributed by atoms with Gasteiger partial charge in [-0.15, -0.1) is 13.2 Å². The van der Waals surface area contributed by atoms with Crippen LogP contribution in [0.3, 0.4) is 0 Å². The lowest BCUT2D eigenvalue weighted by Gasteiger charge is -2.22. The quantitative estimate of drug-likeness (QED) is 0.495. The minimum Gasteiger partial charge on any atom is -0.289 e. The van der Waals surface area contributed by atoms with E-state index in [4.69, 9.17) is 0 Å². The summed E-state index contributed by atoms with van der Waals surface area (Å²) in [5.74, 6) is 1.11. The third-order valence-corrected chi connectivity index (χ3v) is 4.79. The van der Waals surface area contributed by atoms with Crippen LogP contribution in [0.1, 0.15) is 96.8 Å². The van der Waals surface area contributed by atoms with Crippen molar-refractivity contribution in [1.29, 1.82) is 0 Å². The molecule has 22 heavy (non-hydrogen) atoms. The van der Waals surface area contributed by atoms with Gasteiger partial charge in [0, 0.05) is 0 Å². The maximum atomic E-state index is 11.6. The van der Waals surface area contributed by atoms with Crippen molar-refractivity contribution in [2.24, 2.45) is 5.92 Å². The van der Waals surface area contributed by atoms with Gasteiger partial charge < -0.3 is 0 Å². The first kappa shape index (κ1) is 19.8. The molecular weight excluding hydrogens is 289 g/mol. The van der Waals surface area contributed by atoms with E-state index < -0.39 is 12.5 Å². The third-order valence-electron chi connectivity index (χ3n) is 4.79. The van der Waals surface area contributed by atoms with Crippen molar-refractivity contribution in [3.8, 4) is 0 Å². The number of alkyl halides is 3. The lowest BCUT2D eigenvalue weighted by Crippen LogP contribution is -2.25. The highest BCUT2D eigenvalue weighted by atomic mass is 19.4. The molecular formula is C18H33F3O. The van der Waals surface area contributed by atoms with Gasteiger partial charge in [0.1, 0.15) is 0 Å². The highest BCUT2D eigenvalue weighted by Crippen LogP contribution is 2.28. The van der Waals surface area contributed by atoms with Gasteiger partial charge in [-0.1, -0.05) is 84.0 Å². The van der Waals surface area contributed by atoms with E-state index in [1.54, 1.807) is 0 Å². The first-order chi connectivity index (χ1) is 10.5. The van der Waals surface area contributed by atoms with Crippen LogP contribution in [0.5, 0.6) is 0 Å². The van der Waals surface area contributed by atoms with Crippen LogP contribution >= 0.6 is 0 Å². The molecule has 0 N–H and O–H groups in total. The molecule has 1 nitrogen and oxygen atoms in total. The number of hydrogen-bond donors (Lipinski definition) is 0. The van der Waals surface area contributed by atoms with Crippen LogP contribution in [0.2, 0.25) is 0 Å². The fourth-order valence-electron chi connectivity index (χ4n) is 3.53. The second-order valence-corrected chi connectivity index (χ2v) is 6.82. The topological polar surface area (TPSA) is 9.23 Å². The van der Waals surface area contributed by atoms with Crippen molar-refractivity contribution in [3.05, 3.63) is 0 Å². The standard InChI is InChI=1S/C11H22.C7H11F3O/c1-2-3-5-8-11-9-6-4-7-10-11;8-7(9,10)11-6-4-2-1-3-5-6/h11H,2-10H2,1H3;6H,1-5H2. The molecule has 0 aromatic rings. The molecule has 0 bridgehead atoms. The van der Waals surface area contributed by atoms with E-state index in [-0.39, 0.29) is 0 Å². The number of halogens is 3. The average Bonchev–Trinajstić information content (AvgIpc) is 2.49. The molecule has 2 saturated carbocycles. The predicted octanol–water partition coefficient (Wildman–Crippen LogP) is 7.00. The van der Waals surface area contributed by atoms with Crippen LogP contribution in [0.15, 0.2) is 0 Å². The van der Waals surface area contributed by atoms with Crippen LogP contribution in [-0.4, -0.2) is 12.5 Å². The summed E-state index contributed by atoms with van der Waals surface area (Å²) in [4.78, 5) is 0. The zero-order valence-electron chi connectivity index (χ0n) is 14.1. The summed E-state index contributed by atoms with van der Waals surface area (Å²) >= 11 is 0. The van der Waals surface area contributed by atoms with Gasteiger partial charge in [0.05, 0.1) is 6.10 Å². The van der Waals surface area contributed by atoms with Crippen molar-refractivity contribution in [3.63, 3.8) is 0 Å². The third kappa shape index (κ3) is 10.5. The Morgan fingerprint density at radius 2 is 1.36 bits per heavy atom. The first-order valence-electron chi connectivity index (χ1n) is 9.26. The smallest absolute Gasteiger partial charge is 0.289 e. The van der Waals surface area contributed by atoms with E-state index in [0.29, 0.717) is 12.8 Å². The molecule has 0 radical (unpaired) electrons. The molecule has 0 aliphatic heterocycles. The fraction of sp³-hybridized carbons (Fsp3) is 1.00. The summed E-state index contributed by atoms with van der Waals surface area (Å²) in [6.45, 7) is 2.29. The molecule has 2 aliphatic rings. The Kier molecular flexibility index (Phi) is 10.2. The van der Waals surface area contributed by atoms with Crippen molar-refractivity contribution in [2.75, 3.05) is 0 Å². The average molecular weight is 322 g/mol. The molecule has 0 heterocycles. The van der Waals surface area contributed by atoms with Gasteiger partial charge in [0.2, 0.25) is 0 Å². The van der Waals surface area contributed by atoms with Crippen molar-refractivity contribution in [2.45, 2.75) is 109 Å². The van der Waals surface area contributed by atoms with Crippen molar-refractivity contribution >= 4 is 0 Å². The van der Waals surface area contributed by atoms with Crippen LogP contribution < -0.4 is 0 Å². The molecule has 0 spiro atoms. The van der Waals surface area contributed by atoms with Crippen LogP contribution in [-0.2, 0) is 4.74 Å². The number of hydrogen-bond acceptors (Lipinski definition) is 1. The van der Waals surface area contributed by atoms with E-state index in [1.165, 1.54) is 57.8 Å². The Balaban J connectivity index is 0.000000220. The summed E-state index contributed by atoms with van der Waals surface area (Å²) in [5.41, 5.74) is 0. The highest BCUT2D eigenvalue weighted by molar-refractivity contribution is 4.66. The van der Waals surface area contributed by atoms with Gasteiger partial charge in [-0.05, 0) is 18.8 Å². The van der Waals surface area contributed by atoms with E-state index >= 15 is 0 Å². The molecule has 0 amide bonds. The number of unbranched alkanes of at least 4 members (excludes halogenated alkanes) is 2. The molecule has 0 aromatic carbocycles. The van der Waals surface area contributed by atoms with Gasteiger partial charge in [-0.2, -0.15) is 0 Å². The number of rotatable bonds is 5. The van der Waals surface area contributed by atoms with Gasteiger partial charge in [-0.25, -0.2) is 0 Å². The van der Waals surface area contributed by atoms with Gasteiger partial charge >= 0.3 is 6.36 Å². The molecule has 2 aliphatic carbocycles. The Labute approximate surface area is 134 Å². The normalized spacial score (nSPS) is 21.3. The summed E-state index contributed by atoms with van der Waals surface area (Å²) in [6, 6.07) is 0. The van der Waals surface area contributed by atoms with Crippen LogP contribution in [0.4, 0.5) is 13.2 Å². The predicted molar refractivity (Wildman–Crippen MR) is 84.7 cm³/mol. The summed E-state index contributed by atoms with van der Waals surface area (Å²) in [7, 11) is 0. The SMILES string of the molecule is CCCCCC1CCCCC1.FC(F)(F)OC1CCCCC1. The minimum atomic E-state index is -4.44. The fourth-order valence-corrected chi connectivity index (χ4v) is 3.53. The summed E-state index contributed by atoms with van der Waals surface area (Å²) < 4.78 is 38.7. The maximum Gasteiger partial charge on any atom is 0.522 e. The molecule has 0 atom stereocenters. The Bertz CT molecular complexity index is 254. The second kappa shape index (κ2) is 11.3. The summed E-state index contributed by atoms with van der Waals surface area (Å²) in [5, 5.41) is 0. The molecule has 132 valence electrons. The number of ether oxygens (including phenoxy) is 1. The van der Waals surface area contributed by atoms with E-state index in [9.17, 15) is 13.2 Å². The van der Waals surface area contributed by atoms with Crippen LogP contribution in [0.25, 0.3) is 0 Å². The van der Waals surface area contributed by atoms with E-state index in [0.717, 1.165) is 25.2 Å². The van der Waals surface area contributed by atoms with Crippen LogP contribution in [0, 0.1) is 5.92 Å². The highest BCUT2D eigenvalue weighted by Gasteiger charge is 2.33. The Morgan fingerprint density at radius 1 is 0.818 bits per heavy atom. The molecule has 4 heteroatoms. The Morgan fingerprint density at radius 3 is 1.86 bits per heavy atom. The van der Waals surface area contributed by atoms with Crippen molar-refractivity contribution in [1.82, 2.24) is 0 Å². The second-order valence-electron chi connectivity index (χ2n) is 6.82. The summed E-state index contributed by atoms with van der Waals surface area (Å²) in [6.07, 6.45) is 12.3. The molecule has 0 saturated heterocycles. The monoisotopic (exact) mass is 322 g/mol. The zero-order valence-corrected chi connectivity index (χ0v) is 14.1. The van der Waals surface area contributed by atoms with E-state index in [1.807, 2.05) is 0 Å². The lowest BCUT2D eigenvalue weighted by molar-refractivity contribution is -0.345. The lowest BCUT2D eigenvalue weighted by atomic mass is 9.86. The molecule has 2 rings (SSSR count). The zero-order chi connectivity index (χ0) is 16.3. The van der Waals surface area contributed by atoms with Gasteiger partial charge in [0.15, 0.2) is 0 Å². The van der Waals surface area contributed by atoms with E-state index in [2.05, 4.69) is 11.7 Å². The molecule has 0 unspecified atom stereocenters. The Hall–Kier alpha value is -0.250. The van der Waals surface area contributed by atoms with Crippen molar-refractivity contribution < 1.29 is 17.9 Å². The maximum absolute atomic E-state index is 11.6. The molecule has 2 fully saturated rings. The molecule has 0 aromatic heterocycles. The largest absolute Gasteiger partial charge is 0.522 e.